The number of anilines is 1. The Labute approximate surface area is 170 Å². The van der Waals surface area contributed by atoms with Crippen LogP contribution in [0.25, 0.3) is 0 Å². The number of hydrogen-bond donors (Lipinski definition) is 3. The van der Waals surface area contributed by atoms with E-state index in [0.717, 1.165) is 16.7 Å². The standard InChI is InChI=1S/C22H27N3O4/c1-13(2)19(21(27)24-17-6-8-18(29-5)9-7-17)22(28)25-23-12-16-10-14(3)20(26)15(4)11-16/h6-13,19,26H,1-5H3,(H,24,27)(H,25,28)/b23-12+. The monoisotopic (exact) mass is 397 g/mol. The van der Waals surface area contributed by atoms with Crippen LogP contribution < -0.4 is 15.5 Å². The van der Waals surface area contributed by atoms with Crippen LogP contribution in [-0.2, 0) is 9.59 Å². The maximum atomic E-state index is 12.6. The smallest absolute Gasteiger partial charge is 0.252 e. The second-order valence-electron chi connectivity index (χ2n) is 7.18. The summed E-state index contributed by atoms with van der Waals surface area (Å²) < 4.78 is 5.09. The first-order chi connectivity index (χ1) is 13.7. The summed E-state index contributed by atoms with van der Waals surface area (Å²) in [6.07, 6.45) is 1.48. The maximum Gasteiger partial charge on any atom is 0.252 e. The lowest BCUT2D eigenvalue weighted by atomic mass is 9.94. The molecule has 0 heterocycles. The minimum absolute atomic E-state index is 0.221. The zero-order chi connectivity index (χ0) is 21.6. The molecule has 0 aromatic heterocycles. The molecule has 7 nitrogen and oxygen atoms in total. The molecule has 0 aliphatic carbocycles. The van der Waals surface area contributed by atoms with Crippen molar-refractivity contribution in [1.82, 2.24) is 5.43 Å². The number of carbonyl (C=O) groups excluding carboxylic acids is 2. The Bertz CT molecular complexity index is 882. The van der Waals surface area contributed by atoms with Crippen molar-refractivity contribution in [3.05, 3.63) is 53.1 Å². The summed E-state index contributed by atoms with van der Waals surface area (Å²) in [5.41, 5.74) is 5.19. The Hall–Kier alpha value is -3.35. The van der Waals surface area contributed by atoms with E-state index in [1.54, 1.807) is 71.2 Å². The van der Waals surface area contributed by atoms with Crippen molar-refractivity contribution >= 4 is 23.7 Å². The van der Waals surface area contributed by atoms with Crippen molar-refractivity contribution in [2.45, 2.75) is 27.7 Å². The molecule has 0 aliphatic heterocycles. The maximum absolute atomic E-state index is 12.6. The summed E-state index contributed by atoms with van der Waals surface area (Å²) in [6.45, 7) is 7.18. The van der Waals surface area contributed by atoms with Gasteiger partial charge in [-0.25, -0.2) is 5.43 Å². The zero-order valence-electron chi connectivity index (χ0n) is 17.3. The first kappa shape index (κ1) is 21.9. The molecule has 0 saturated heterocycles. The minimum atomic E-state index is -0.905. The predicted molar refractivity (Wildman–Crippen MR) is 113 cm³/mol. The third kappa shape index (κ3) is 5.81. The fourth-order valence-corrected chi connectivity index (χ4v) is 2.92. The molecule has 0 bridgehead atoms. The van der Waals surface area contributed by atoms with Gasteiger partial charge >= 0.3 is 0 Å². The van der Waals surface area contributed by atoms with E-state index in [2.05, 4.69) is 15.8 Å². The van der Waals surface area contributed by atoms with Crippen LogP contribution in [0.1, 0.15) is 30.5 Å². The van der Waals surface area contributed by atoms with Gasteiger partial charge in [-0.1, -0.05) is 13.8 Å². The number of hydrazone groups is 1. The van der Waals surface area contributed by atoms with Gasteiger partial charge in [-0.2, -0.15) is 5.10 Å². The van der Waals surface area contributed by atoms with E-state index in [9.17, 15) is 14.7 Å². The largest absolute Gasteiger partial charge is 0.507 e. The lowest BCUT2D eigenvalue weighted by molar-refractivity contribution is -0.134. The summed E-state index contributed by atoms with van der Waals surface area (Å²) >= 11 is 0. The van der Waals surface area contributed by atoms with Crippen LogP contribution in [0.2, 0.25) is 0 Å². The van der Waals surface area contributed by atoms with Crippen molar-refractivity contribution in [3.63, 3.8) is 0 Å². The molecule has 0 spiro atoms. The fourth-order valence-electron chi connectivity index (χ4n) is 2.92. The lowest BCUT2D eigenvalue weighted by Gasteiger charge is -2.18. The predicted octanol–water partition coefficient (Wildman–Crippen LogP) is 3.38. The van der Waals surface area contributed by atoms with Crippen molar-refractivity contribution in [1.29, 1.82) is 0 Å². The second kappa shape index (κ2) is 9.73. The number of rotatable bonds is 7. The summed E-state index contributed by atoms with van der Waals surface area (Å²) in [5, 5.41) is 16.5. The third-order valence-electron chi connectivity index (χ3n) is 4.49. The number of methoxy groups -OCH3 is 1. The molecule has 0 aliphatic rings. The first-order valence-electron chi connectivity index (χ1n) is 9.31. The number of amides is 2. The molecule has 1 unspecified atom stereocenters. The highest BCUT2D eigenvalue weighted by molar-refractivity contribution is 6.06. The van der Waals surface area contributed by atoms with Gasteiger partial charge in [0.05, 0.1) is 13.3 Å². The summed E-state index contributed by atoms with van der Waals surface area (Å²) in [6, 6.07) is 10.4. The molecule has 2 aromatic rings. The number of nitrogens with zero attached hydrogens (tertiary/aromatic N) is 1. The molecule has 2 rings (SSSR count). The highest BCUT2D eigenvalue weighted by Crippen LogP contribution is 2.22. The molecule has 154 valence electrons. The van der Waals surface area contributed by atoms with E-state index in [-0.39, 0.29) is 11.7 Å². The molecule has 7 heteroatoms. The van der Waals surface area contributed by atoms with E-state index in [1.165, 1.54) is 6.21 Å². The number of aryl methyl sites for hydroxylation is 2. The van der Waals surface area contributed by atoms with Gasteiger partial charge in [0.2, 0.25) is 5.91 Å². The Morgan fingerprint density at radius 3 is 2.17 bits per heavy atom. The van der Waals surface area contributed by atoms with Gasteiger partial charge < -0.3 is 15.2 Å². The van der Waals surface area contributed by atoms with E-state index >= 15 is 0 Å². The van der Waals surface area contributed by atoms with Crippen LogP contribution in [0.5, 0.6) is 11.5 Å². The van der Waals surface area contributed by atoms with Crippen LogP contribution in [0.15, 0.2) is 41.5 Å². The quantitative estimate of drug-likeness (QED) is 0.379. The second-order valence-corrected chi connectivity index (χ2v) is 7.18. The lowest BCUT2D eigenvalue weighted by Crippen LogP contribution is -2.39. The fraction of sp³-hybridized carbons (Fsp3) is 0.318. The van der Waals surface area contributed by atoms with Crippen LogP contribution in [-0.4, -0.2) is 30.2 Å². The number of benzene rings is 2. The molecule has 29 heavy (non-hydrogen) atoms. The van der Waals surface area contributed by atoms with Crippen molar-refractivity contribution in [3.8, 4) is 11.5 Å². The van der Waals surface area contributed by atoms with Gasteiger partial charge in [0, 0.05) is 5.69 Å². The van der Waals surface area contributed by atoms with Crippen molar-refractivity contribution < 1.29 is 19.4 Å². The van der Waals surface area contributed by atoms with Crippen LogP contribution in [0.3, 0.4) is 0 Å². The van der Waals surface area contributed by atoms with Crippen LogP contribution in [0, 0.1) is 25.7 Å². The number of hydrogen-bond acceptors (Lipinski definition) is 5. The molecular weight excluding hydrogens is 370 g/mol. The Balaban J connectivity index is 2.05. The Morgan fingerprint density at radius 1 is 1.07 bits per heavy atom. The Morgan fingerprint density at radius 2 is 1.66 bits per heavy atom. The number of nitrogens with one attached hydrogen (secondary N) is 2. The summed E-state index contributed by atoms with van der Waals surface area (Å²) in [5.74, 6) is -1.11. The summed E-state index contributed by atoms with van der Waals surface area (Å²) in [4.78, 5) is 25.2. The SMILES string of the molecule is COc1ccc(NC(=O)C(C(=O)N/N=C/c2cc(C)c(O)c(C)c2)C(C)C)cc1. The van der Waals surface area contributed by atoms with Gasteiger partial charge in [-0.3, -0.25) is 9.59 Å². The van der Waals surface area contributed by atoms with E-state index < -0.39 is 17.7 Å². The number of phenols is 1. The van der Waals surface area contributed by atoms with E-state index in [4.69, 9.17) is 4.74 Å². The topological polar surface area (TPSA) is 100 Å². The van der Waals surface area contributed by atoms with Crippen LogP contribution in [0.4, 0.5) is 5.69 Å². The number of ether oxygens (including phenoxy) is 1. The van der Waals surface area contributed by atoms with Crippen molar-refractivity contribution in [2.24, 2.45) is 16.9 Å². The summed E-state index contributed by atoms with van der Waals surface area (Å²) in [7, 11) is 1.56. The van der Waals surface area contributed by atoms with Gasteiger partial charge in [-0.05, 0) is 72.9 Å². The normalized spacial score (nSPS) is 12.1. The number of aromatic hydroxyl groups is 1. The molecular formula is C22H27N3O4. The van der Waals surface area contributed by atoms with E-state index in [1.807, 2.05) is 0 Å². The molecule has 0 saturated carbocycles. The van der Waals surface area contributed by atoms with Gasteiger partial charge in [0.15, 0.2) is 0 Å². The molecule has 2 amide bonds. The van der Waals surface area contributed by atoms with Crippen molar-refractivity contribution in [2.75, 3.05) is 12.4 Å². The highest BCUT2D eigenvalue weighted by Gasteiger charge is 2.29. The molecule has 3 N–H and O–H groups in total. The highest BCUT2D eigenvalue weighted by atomic mass is 16.5. The number of carbonyl (C=O) groups is 2. The van der Waals surface area contributed by atoms with Crippen LogP contribution >= 0.6 is 0 Å². The van der Waals surface area contributed by atoms with Gasteiger partial charge in [0.25, 0.3) is 5.91 Å². The first-order valence-corrected chi connectivity index (χ1v) is 9.31. The van der Waals surface area contributed by atoms with Gasteiger partial charge in [0.1, 0.15) is 17.4 Å². The minimum Gasteiger partial charge on any atom is -0.507 e. The zero-order valence-corrected chi connectivity index (χ0v) is 17.3. The third-order valence-corrected chi connectivity index (χ3v) is 4.49. The Kier molecular flexibility index (Phi) is 7.36. The van der Waals surface area contributed by atoms with E-state index in [0.29, 0.717) is 11.4 Å². The van der Waals surface area contributed by atoms with Gasteiger partial charge in [-0.15, -0.1) is 0 Å². The molecule has 0 fully saturated rings. The number of phenolic OH excluding ortho intramolecular Hbond substituents is 1. The average Bonchev–Trinajstić information content (AvgIpc) is 2.66. The average molecular weight is 397 g/mol. The molecule has 0 radical (unpaired) electrons. The molecule has 1 atom stereocenters. The molecule has 2 aromatic carbocycles.